The smallest absolute Gasteiger partial charge is 0.235 e. The van der Waals surface area contributed by atoms with Crippen molar-refractivity contribution in [2.24, 2.45) is 17.8 Å². The number of fused-ring (bicyclic) bond motifs is 4. The maximum Gasteiger partial charge on any atom is 0.235 e. The highest BCUT2D eigenvalue weighted by molar-refractivity contribution is 6.06. The molecule has 0 radical (unpaired) electrons. The Bertz CT molecular complexity index is 1150. The van der Waals surface area contributed by atoms with Gasteiger partial charge in [0.05, 0.1) is 30.0 Å². The summed E-state index contributed by atoms with van der Waals surface area (Å²) < 4.78 is 10.8. The normalized spacial score (nSPS) is 30.5. The third kappa shape index (κ3) is 2.69. The van der Waals surface area contributed by atoms with Crippen molar-refractivity contribution in [2.75, 3.05) is 13.3 Å². The molecule has 2 amide bonds. The number of hydrogen-bond donors (Lipinski definition) is 0. The summed E-state index contributed by atoms with van der Waals surface area (Å²) in [6.07, 6.45) is 1.02. The van der Waals surface area contributed by atoms with Crippen molar-refractivity contribution in [2.45, 2.75) is 32.0 Å². The van der Waals surface area contributed by atoms with Gasteiger partial charge in [0.1, 0.15) is 0 Å². The molecule has 2 aromatic carbocycles. The van der Waals surface area contributed by atoms with Crippen LogP contribution in [0.4, 0.5) is 0 Å². The first-order chi connectivity index (χ1) is 15.6. The highest BCUT2D eigenvalue weighted by Crippen LogP contribution is 2.54. The monoisotopic (exact) mass is 429 g/mol. The highest BCUT2D eigenvalue weighted by atomic mass is 16.7. The molecular formula is C25H23N3O4. The number of carbonyl (C=O) groups excluding carboxylic acids is 2. The van der Waals surface area contributed by atoms with E-state index in [2.05, 4.69) is 17.9 Å². The van der Waals surface area contributed by atoms with Gasteiger partial charge in [0.15, 0.2) is 11.5 Å². The van der Waals surface area contributed by atoms with E-state index in [4.69, 9.17) is 14.7 Å². The predicted molar refractivity (Wildman–Crippen MR) is 113 cm³/mol. The molecule has 4 aliphatic heterocycles. The quantitative estimate of drug-likeness (QED) is 0.698. The highest BCUT2D eigenvalue weighted by Gasteiger charge is 2.64. The number of amides is 2. The van der Waals surface area contributed by atoms with Crippen LogP contribution in [0.2, 0.25) is 0 Å². The number of rotatable bonds is 3. The third-order valence-electron chi connectivity index (χ3n) is 7.52. The first-order valence-corrected chi connectivity index (χ1v) is 11.1. The van der Waals surface area contributed by atoms with Gasteiger partial charge in [0, 0.05) is 12.1 Å². The predicted octanol–water partition coefficient (Wildman–Crippen LogP) is 2.85. The van der Waals surface area contributed by atoms with Gasteiger partial charge in [-0.25, -0.2) is 0 Å². The summed E-state index contributed by atoms with van der Waals surface area (Å²) in [7, 11) is 0. The van der Waals surface area contributed by atoms with Crippen molar-refractivity contribution in [3.8, 4) is 17.6 Å². The molecule has 2 aromatic rings. The van der Waals surface area contributed by atoms with E-state index in [9.17, 15) is 9.59 Å². The van der Waals surface area contributed by atoms with E-state index >= 15 is 0 Å². The van der Waals surface area contributed by atoms with Crippen molar-refractivity contribution in [1.82, 2.24) is 9.80 Å². The fraction of sp³-hybridized carbons (Fsp3) is 0.400. The van der Waals surface area contributed by atoms with E-state index in [0.717, 1.165) is 24.1 Å². The number of hydrogen-bond acceptors (Lipinski definition) is 6. The van der Waals surface area contributed by atoms with Crippen LogP contribution in [-0.2, 0) is 16.1 Å². The Morgan fingerprint density at radius 3 is 2.56 bits per heavy atom. The topological polar surface area (TPSA) is 82.9 Å². The largest absolute Gasteiger partial charge is 0.454 e. The molecule has 0 aromatic heterocycles. The van der Waals surface area contributed by atoms with Crippen LogP contribution in [0.1, 0.15) is 36.1 Å². The van der Waals surface area contributed by atoms with Crippen molar-refractivity contribution in [1.29, 1.82) is 5.26 Å². The molecule has 5 unspecified atom stereocenters. The molecule has 4 heterocycles. The Hall–Kier alpha value is -3.37. The molecule has 162 valence electrons. The summed E-state index contributed by atoms with van der Waals surface area (Å²) in [6.45, 7) is 3.49. The Kier molecular flexibility index (Phi) is 4.27. The minimum atomic E-state index is -0.391. The summed E-state index contributed by atoms with van der Waals surface area (Å²) in [5, 5.41) is 9.16. The minimum Gasteiger partial charge on any atom is -0.454 e. The van der Waals surface area contributed by atoms with Crippen molar-refractivity contribution >= 4 is 11.8 Å². The van der Waals surface area contributed by atoms with Crippen LogP contribution in [0, 0.1) is 29.1 Å². The maximum absolute atomic E-state index is 13.7. The molecule has 3 fully saturated rings. The van der Waals surface area contributed by atoms with Gasteiger partial charge in [0.2, 0.25) is 18.6 Å². The second-order valence-electron chi connectivity index (χ2n) is 9.17. The summed E-state index contributed by atoms with van der Waals surface area (Å²) in [6, 6.07) is 15.1. The molecule has 0 saturated carbocycles. The lowest BCUT2D eigenvalue weighted by Crippen LogP contribution is -2.40. The molecule has 0 bridgehead atoms. The van der Waals surface area contributed by atoms with Crippen molar-refractivity contribution in [3.05, 3.63) is 59.2 Å². The van der Waals surface area contributed by atoms with Crippen molar-refractivity contribution in [3.63, 3.8) is 0 Å². The second kappa shape index (κ2) is 7.07. The summed E-state index contributed by atoms with van der Waals surface area (Å²) >= 11 is 0. The lowest BCUT2D eigenvalue weighted by atomic mass is 9.82. The number of likely N-dealkylation sites (tertiary alicyclic amines) is 1. The molecular weight excluding hydrogens is 406 g/mol. The number of ether oxygens (including phenoxy) is 2. The molecule has 0 spiro atoms. The van der Waals surface area contributed by atoms with Gasteiger partial charge in [-0.3, -0.25) is 19.4 Å². The van der Waals surface area contributed by atoms with Crippen LogP contribution in [0.25, 0.3) is 0 Å². The third-order valence-corrected chi connectivity index (χ3v) is 7.52. The lowest BCUT2D eigenvalue weighted by Gasteiger charge is -2.29. The molecule has 7 heteroatoms. The molecule has 4 aliphatic rings. The molecule has 7 nitrogen and oxygen atoms in total. The molecule has 5 atom stereocenters. The number of nitriles is 1. The Labute approximate surface area is 186 Å². The van der Waals surface area contributed by atoms with E-state index in [1.807, 2.05) is 30.3 Å². The lowest BCUT2D eigenvalue weighted by molar-refractivity contribution is -0.142. The fourth-order valence-corrected chi connectivity index (χ4v) is 6.09. The van der Waals surface area contributed by atoms with Gasteiger partial charge >= 0.3 is 0 Å². The molecule has 0 aliphatic carbocycles. The van der Waals surface area contributed by atoms with Gasteiger partial charge in [-0.05, 0) is 54.3 Å². The number of imide groups is 1. The summed E-state index contributed by atoms with van der Waals surface area (Å²) in [5.41, 5.74) is 2.44. The summed E-state index contributed by atoms with van der Waals surface area (Å²) in [4.78, 5) is 31.0. The van der Waals surface area contributed by atoms with Crippen LogP contribution in [0.3, 0.4) is 0 Å². The van der Waals surface area contributed by atoms with E-state index in [0.29, 0.717) is 23.0 Å². The van der Waals surface area contributed by atoms with Crippen molar-refractivity contribution < 1.29 is 19.1 Å². The van der Waals surface area contributed by atoms with E-state index in [1.165, 1.54) is 4.90 Å². The van der Waals surface area contributed by atoms with Crippen LogP contribution in [-0.4, -0.2) is 41.0 Å². The summed E-state index contributed by atoms with van der Waals surface area (Å²) in [5.74, 6) is 0.792. The molecule has 32 heavy (non-hydrogen) atoms. The Morgan fingerprint density at radius 1 is 1.03 bits per heavy atom. The van der Waals surface area contributed by atoms with Crippen LogP contribution in [0.15, 0.2) is 42.5 Å². The van der Waals surface area contributed by atoms with Gasteiger partial charge in [-0.15, -0.1) is 0 Å². The first kappa shape index (κ1) is 19.3. The molecule has 3 saturated heterocycles. The Balaban J connectivity index is 1.35. The van der Waals surface area contributed by atoms with E-state index < -0.39 is 5.92 Å². The minimum absolute atomic E-state index is 0.0684. The Morgan fingerprint density at radius 2 is 1.78 bits per heavy atom. The van der Waals surface area contributed by atoms with Gasteiger partial charge in [-0.1, -0.05) is 25.1 Å². The van der Waals surface area contributed by atoms with Gasteiger partial charge < -0.3 is 9.47 Å². The van der Waals surface area contributed by atoms with Crippen LogP contribution < -0.4 is 9.47 Å². The zero-order chi connectivity index (χ0) is 22.0. The molecule has 0 N–H and O–H groups in total. The van der Waals surface area contributed by atoms with Crippen LogP contribution in [0.5, 0.6) is 11.5 Å². The second-order valence-corrected chi connectivity index (χ2v) is 9.17. The average Bonchev–Trinajstić information content (AvgIpc) is 3.55. The van der Waals surface area contributed by atoms with Gasteiger partial charge in [0.25, 0.3) is 0 Å². The maximum atomic E-state index is 13.7. The molecule has 6 rings (SSSR count). The zero-order valence-corrected chi connectivity index (χ0v) is 17.7. The van der Waals surface area contributed by atoms with Gasteiger partial charge in [-0.2, -0.15) is 5.26 Å². The number of benzene rings is 2. The van der Waals surface area contributed by atoms with E-state index in [-0.39, 0.29) is 43.2 Å². The standard InChI is InChI=1S/C25H23N3O4/c1-14-8-9-27-22(14)20-21(23(27)17-5-2-15(11-26)3-6-17)25(30)28(24(20)29)12-16-4-7-18-19(10-16)32-13-31-18/h2-7,10,14,20-23H,8-9,12-13H2,1H3. The first-order valence-electron chi connectivity index (χ1n) is 11.1. The van der Waals surface area contributed by atoms with Crippen LogP contribution >= 0.6 is 0 Å². The SMILES string of the molecule is CC1CCN2C(c3ccc(C#N)cc3)C3C(=O)N(Cc4ccc5c(c4)OCO5)C(=O)C3C12. The number of nitrogens with zero attached hydrogens (tertiary/aromatic N) is 3. The fourth-order valence-electron chi connectivity index (χ4n) is 6.09. The zero-order valence-electron chi connectivity index (χ0n) is 17.7. The average molecular weight is 429 g/mol. The van der Waals surface area contributed by atoms with E-state index in [1.54, 1.807) is 12.1 Å². The number of carbonyl (C=O) groups is 2.